The zero-order valence-corrected chi connectivity index (χ0v) is 17.6. The highest BCUT2D eigenvalue weighted by atomic mass is 127. The Hall–Kier alpha value is -1.02. The van der Waals surface area contributed by atoms with Crippen LogP contribution in [0.2, 0.25) is 0 Å². The topological polar surface area (TPSA) is 54.1 Å². The Morgan fingerprint density at radius 2 is 2.04 bits per heavy atom. The second-order valence-corrected chi connectivity index (χ2v) is 6.64. The van der Waals surface area contributed by atoms with Crippen LogP contribution in [0.25, 0.3) is 0 Å². The Bertz CT molecular complexity index is 518. The first kappa shape index (κ1) is 21.0. The summed E-state index contributed by atoms with van der Waals surface area (Å²) < 4.78 is 5.23. The molecule has 136 valence electrons. The summed E-state index contributed by atoms with van der Waals surface area (Å²) in [7, 11) is 5.83. The van der Waals surface area contributed by atoms with Gasteiger partial charge in [0.1, 0.15) is 5.75 Å². The first-order valence-electron chi connectivity index (χ1n) is 8.36. The number of halogens is 1. The monoisotopic (exact) mass is 446 g/mol. The second kappa shape index (κ2) is 10.1. The third-order valence-electron chi connectivity index (χ3n) is 4.53. The number of aliphatic imine (C=N–C) groups is 1. The summed E-state index contributed by atoms with van der Waals surface area (Å²) in [6.07, 6.45) is 2.49. The molecule has 2 atom stereocenters. The third kappa shape index (κ3) is 5.81. The van der Waals surface area contributed by atoms with E-state index in [9.17, 15) is 0 Å². The van der Waals surface area contributed by atoms with Crippen LogP contribution in [0, 0.1) is 5.92 Å². The van der Waals surface area contributed by atoms with Crippen molar-refractivity contribution in [1.29, 1.82) is 0 Å². The Labute approximate surface area is 163 Å². The molecule has 24 heavy (non-hydrogen) atoms. The molecular weight excluding hydrogens is 415 g/mol. The van der Waals surface area contributed by atoms with Crippen LogP contribution < -0.4 is 10.5 Å². The highest BCUT2D eigenvalue weighted by Crippen LogP contribution is 2.22. The summed E-state index contributed by atoms with van der Waals surface area (Å²) in [4.78, 5) is 9.07. The van der Waals surface area contributed by atoms with Gasteiger partial charge in [-0.05, 0) is 50.6 Å². The lowest BCUT2D eigenvalue weighted by atomic mass is 10.0. The van der Waals surface area contributed by atoms with Gasteiger partial charge in [-0.15, -0.1) is 24.0 Å². The van der Waals surface area contributed by atoms with E-state index >= 15 is 0 Å². The highest BCUT2D eigenvalue weighted by molar-refractivity contribution is 14.0. The lowest BCUT2D eigenvalue weighted by Gasteiger charge is -2.32. The molecule has 1 aliphatic rings. The average Bonchev–Trinajstić information content (AvgIpc) is 2.55. The average molecular weight is 446 g/mol. The van der Waals surface area contributed by atoms with Gasteiger partial charge in [-0.25, -0.2) is 0 Å². The van der Waals surface area contributed by atoms with Crippen molar-refractivity contribution in [3.63, 3.8) is 0 Å². The van der Waals surface area contributed by atoms with E-state index in [1.807, 2.05) is 12.1 Å². The summed E-state index contributed by atoms with van der Waals surface area (Å²) in [6, 6.07) is 8.38. The maximum atomic E-state index is 6.22. The van der Waals surface area contributed by atoms with Gasteiger partial charge >= 0.3 is 0 Å². The maximum Gasteiger partial charge on any atom is 0.191 e. The molecule has 0 spiro atoms. The Morgan fingerprint density at radius 1 is 1.38 bits per heavy atom. The molecule has 2 rings (SSSR count). The number of likely N-dealkylation sites (tertiary alicyclic amines) is 1. The molecule has 5 nitrogen and oxygen atoms in total. The van der Waals surface area contributed by atoms with Crippen LogP contribution in [-0.4, -0.2) is 56.6 Å². The predicted octanol–water partition coefficient (Wildman–Crippen LogP) is 2.96. The van der Waals surface area contributed by atoms with Gasteiger partial charge in [0.15, 0.2) is 5.96 Å². The normalized spacial score (nSPS) is 19.8. The Kier molecular flexibility index (Phi) is 8.83. The first-order chi connectivity index (χ1) is 11.0. The van der Waals surface area contributed by atoms with E-state index in [4.69, 9.17) is 10.5 Å². The van der Waals surface area contributed by atoms with Crippen LogP contribution in [0.5, 0.6) is 5.75 Å². The first-order valence-corrected chi connectivity index (χ1v) is 8.36. The fourth-order valence-corrected chi connectivity index (χ4v) is 3.07. The number of benzene rings is 1. The molecule has 6 heteroatoms. The summed E-state index contributed by atoms with van der Waals surface area (Å²) in [5, 5.41) is 0. The Balaban J connectivity index is 0.00000288. The third-order valence-corrected chi connectivity index (χ3v) is 4.53. The fraction of sp³-hybridized carbons (Fsp3) is 0.611. The predicted molar refractivity (Wildman–Crippen MR) is 111 cm³/mol. The number of methoxy groups -OCH3 is 1. The molecular formula is C18H31IN4O. The van der Waals surface area contributed by atoms with Crippen LogP contribution >= 0.6 is 24.0 Å². The van der Waals surface area contributed by atoms with E-state index in [0.717, 1.165) is 18.8 Å². The minimum atomic E-state index is 0. The number of ether oxygens (including phenoxy) is 1. The van der Waals surface area contributed by atoms with Crippen molar-refractivity contribution < 1.29 is 4.74 Å². The lowest BCUT2D eigenvalue weighted by Crippen LogP contribution is -2.43. The van der Waals surface area contributed by atoms with Gasteiger partial charge in [-0.3, -0.25) is 4.99 Å². The van der Waals surface area contributed by atoms with Gasteiger partial charge in [0.25, 0.3) is 0 Å². The number of nitrogens with two attached hydrogens (primary N) is 1. The van der Waals surface area contributed by atoms with Crippen molar-refractivity contribution >= 4 is 29.9 Å². The number of guanidine groups is 1. The number of nitrogens with zero attached hydrogens (tertiary/aromatic N) is 3. The van der Waals surface area contributed by atoms with E-state index in [2.05, 4.69) is 47.9 Å². The van der Waals surface area contributed by atoms with Crippen LogP contribution in [0.1, 0.15) is 31.4 Å². The van der Waals surface area contributed by atoms with Gasteiger partial charge in [0.2, 0.25) is 0 Å². The lowest BCUT2D eigenvalue weighted by molar-refractivity contribution is 0.267. The minimum absolute atomic E-state index is 0. The quantitative estimate of drug-likeness (QED) is 0.430. The van der Waals surface area contributed by atoms with Crippen molar-refractivity contribution in [2.45, 2.75) is 25.8 Å². The summed E-state index contributed by atoms with van der Waals surface area (Å²) in [5.41, 5.74) is 7.44. The van der Waals surface area contributed by atoms with E-state index in [1.54, 1.807) is 7.11 Å². The molecule has 1 heterocycles. The Morgan fingerprint density at radius 3 is 2.58 bits per heavy atom. The van der Waals surface area contributed by atoms with Crippen LogP contribution in [0.15, 0.2) is 29.3 Å². The molecule has 0 aromatic heterocycles. The molecule has 0 bridgehead atoms. The number of rotatable bonds is 5. The minimum Gasteiger partial charge on any atom is -0.497 e. The zero-order chi connectivity index (χ0) is 16.8. The van der Waals surface area contributed by atoms with Gasteiger partial charge in [0, 0.05) is 13.1 Å². The van der Waals surface area contributed by atoms with E-state index < -0.39 is 0 Å². The molecule has 0 radical (unpaired) electrons. The smallest absolute Gasteiger partial charge is 0.191 e. The van der Waals surface area contributed by atoms with Crippen LogP contribution in [0.4, 0.5) is 0 Å². The van der Waals surface area contributed by atoms with Crippen LogP contribution in [-0.2, 0) is 0 Å². The van der Waals surface area contributed by atoms with E-state index in [0.29, 0.717) is 18.4 Å². The largest absolute Gasteiger partial charge is 0.497 e. The summed E-state index contributed by atoms with van der Waals surface area (Å²) in [6.45, 7) is 4.98. The standard InChI is InChI=1S/C18H30N4O.HI/c1-14-6-5-11-22(13-14)18(19)20-12-17(21(2)3)15-7-9-16(23-4)10-8-15;/h7-10,14,17H,5-6,11-13H2,1-4H3,(H2,19,20);1H. The van der Waals surface area contributed by atoms with Crippen LogP contribution in [0.3, 0.4) is 0 Å². The zero-order valence-electron chi connectivity index (χ0n) is 15.2. The van der Waals surface area contributed by atoms with E-state index in [-0.39, 0.29) is 30.0 Å². The number of likely N-dealkylation sites (N-methyl/N-ethyl adjacent to an activating group) is 1. The summed E-state index contributed by atoms with van der Waals surface area (Å²) in [5.74, 6) is 2.25. The SMILES string of the molecule is COc1ccc(C(CN=C(N)N2CCCC(C)C2)N(C)C)cc1.I. The van der Waals surface area contributed by atoms with Crippen molar-refractivity contribution in [1.82, 2.24) is 9.80 Å². The maximum absolute atomic E-state index is 6.22. The molecule has 0 aliphatic carbocycles. The molecule has 1 saturated heterocycles. The molecule has 2 unspecified atom stereocenters. The van der Waals surface area contributed by atoms with Gasteiger partial charge in [-0.1, -0.05) is 19.1 Å². The molecule has 1 fully saturated rings. The van der Waals surface area contributed by atoms with Crippen molar-refractivity contribution in [3.05, 3.63) is 29.8 Å². The molecule has 2 N–H and O–H groups in total. The second-order valence-electron chi connectivity index (χ2n) is 6.64. The molecule has 1 aromatic carbocycles. The summed E-state index contributed by atoms with van der Waals surface area (Å²) >= 11 is 0. The van der Waals surface area contributed by atoms with E-state index in [1.165, 1.54) is 18.4 Å². The van der Waals surface area contributed by atoms with Gasteiger partial charge in [-0.2, -0.15) is 0 Å². The number of hydrogen-bond donors (Lipinski definition) is 1. The molecule has 1 aliphatic heterocycles. The molecule has 0 saturated carbocycles. The number of hydrogen-bond acceptors (Lipinski definition) is 3. The van der Waals surface area contributed by atoms with Crippen molar-refractivity contribution in [2.75, 3.05) is 40.8 Å². The fourth-order valence-electron chi connectivity index (χ4n) is 3.07. The highest BCUT2D eigenvalue weighted by Gasteiger charge is 2.19. The van der Waals surface area contributed by atoms with Gasteiger partial charge in [0.05, 0.1) is 19.7 Å². The molecule has 1 aromatic rings. The van der Waals surface area contributed by atoms with Gasteiger partial charge < -0.3 is 20.3 Å². The van der Waals surface area contributed by atoms with Crippen molar-refractivity contribution in [2.24, 2.45) is 16.6 Å². The van der Waals surface area contributed by atoms with Crippen molar-refractivity contribution in [3.8, 4) is 5.75 Å². The number of piperidine rings is 1. The molecule has 0 amide bonds.